The second kappa shape index (κ2) is 4.09. The first-order valence-electron chi connectivity index (χ1n) is 6.23. The maximum absolute atomic E-state index is 12.4. The highest BCUT2D eigenvalue weighted by Gasteiger charge is 2.24. The van der Waals surface area contributed by atoms with E-state index in [-0.39, 0.29) is 11.3 Å². The number of carbonyl (C=O) groups is 1. The number of nitrogens with one attached hydrogen (secondary N) is 1. The third kappa shape index (κ3) is 1.76. The van der Waals surface area contributed by atoms with Crippen LogP contribution >= 0.6 is 0 Å². The van der Waals surface area contributed by atoms with Crippen molar-refractivity contribution in [2.45, 2.75) is 13.3 Å². The Hall–Kier alpha value is -2.36. The molecule has 96 valence electrons. The quantitative estimate of drug-likeness (QED) is 0.810. The molecule has 0 saturated carbocycles. The number of hydrogen-bond donors (Lipinski definition) is 2. The number of H-pyrrole nitrogens is 1. The van der Waals surface area contributed by atoms with Gasteiger partial charge in [0.25, 0.3) is 0 Å². The molecule has 0 fully saturated rings. The van der Waals surface area contributed by atoms with Crippen LogP contribution in [-0.4, -0.2) is 10.9 Å². The molecule has 4 nitrogen and oxygen atoms in total. The van der Waals surface area contributed by atoms with Crippen molar-refractivity contribution in [1.82, 2.24) is 4.98 Å². The van der Waals surface area contributed by atoms with Crippen LogP contribution < -0.4 is 11.2 Å². The molecule has 0 aliphatic heterocycles. The number of carbonyl (C=O) groups excluding carboxylic acids is 1. The Bertz CT molecular complexity index is 771. The van der Waals surface area contributed by atoms with Crippen molar-refractivity contribution >= 4 is 22.9 Å². The first kappa shape index (κ1) is 11.7. The van der Waals surface area contributed by atoms with Gasteiger partial charge in [-0.05, 0) is 30.5 Å². The Morgan fingerprint density at radius 1 is 1.37 bits per heavy atom. The molecule has 0 saturated heterocycles. The zero-order valence-corrected chi connectivity index (χ0v) is 10.6. The SMILES string of the molecule is CC1Cc2c([nH]c3ccccc3c2=O)C=C1C(N)=O. The lowest BCUT2D eigenvalue weighted by atomic mass is 9.85. The van der Waals surface area contributed by atoms with Gasteiger partial charge in [-0.3, -0.25) is 9.59 Å². The van der Waals surface area contributed by atoms with Gasteiger partial charge in [0.1, 0.15) is 0 Å². The third-order valence-electron chi connectivity index (χ3n) is 3.67. The summed E-state index contributed by atoms with van der Waals surface area (Å²) in [5.74, 6) is -0.445. The molecule has 0 bridgehead atoms. The van der Waals surface area contributed by atoms with E-state index >= 15 is 0 Å². The van der Waals surface area contributed by atoms with Crippen molar-refractivity contribution in [3.63, 3.8) is 0 Å². The number of nitrogens with two attached hydrogens (primary N) is 1. The molecule has 3 N–H and O–H groups in total. The highest BCUT2D eigenvalue weighted by atomic mass is 16.1. The summed E-state index contributed by atoms with van der Waals surface area (Å²) in [4.78, 5) is 27.0. The lowest BCUT2D eigenvalue weighted by Gasteiger charge is -2.20. The van der Waals surface area contributed by atoms with E-state index < -0.39 is 5.91 Å². The monoisotopic (exact) mass is 254 g/mol. The molecule has 0 radical (unpaired) electrons. The standard InChI is InChI=1S/C15H14N2O2/c1-8-6-11-13(7-10(8)15(16)19)17-12-5-3-2-4-9(12)14(11)18/h2-5,7-8H,6H2,1H3,(H2,16,19)(H,17,18). The maximum Gasteiger partial charge on any atom is 0.244 e. The lowest BCUT2D eigenvalue weighted by Crippen LogP contribution is -2.26. The van der Waals surface area contributed by atoms with Crippen molar-refractivity contribution in [3.8, 4) is 0 Å². The van der Waals surface area contributed by atoms with Crippen molar-refractivity contribution < 1.29 is 4.79 Å². The highest BCUT2D eigenvalue weighted by Crippen LogP contribution is 2.26. The van der Waals surface area contributed by atoms with E-state index in [1.807, 2.05) is 31.2 Å². The highest BCUT2D eigenvalue weighted by molar-refractivity contribution is 5.98. The van der Waals surface area contributed by atoms with E-state index in [1.165, 1.54) is 0 Å². The minimum Gasteiger partial charge on any atom is -0.366 e. The molecule has 3 rings (SSSR count). The van der Waals surface area contributed by atoms with Gasteiger partial charge in [-0.2, -0.15) is 0 Å². The van der Waals surface area contributed by atoms with E-state index in [1.54, 1.807) is 6.08 Å². The molecule has 0 spiro atoms. The molecular formula is C15H14N2O2. The maximum atomic E-state index is 12.4. The van der Waals surface area contributed by atoms with Gasteiger partial charge in [-0.1, -0.05) is 19.1 Å². The fraction of sp³-hybridized carbons (Fsp3) is 0.200. The van der Waals surface area contributed by atoms with Crippen molar-refractivity contribution in [2.24, 2.45) is 11.7 Å². The summed E-state index contributed by atoms with van der Waals surface area (Å²) in [7, 11) is 0. The van der Waals surface area contributed by atoms with E-state index in [2.05, 4.69) is 4.98 Å². The van der Waals surface area contributed by atoms with Crippen molar-refractivity contribution in [2.75, 3.05) is 0 Å². The normalized spacial score (nSPS) is 17.9. The van der Waals surface area contributed by atoms with Gasteiger partial charge < -0.3 is 10.7 Å². The predicted octanol–water partition coefficient (Wildman–Crippen LogP) is 1.59. The Labute approximate surface area is 109 Å². The van der Waals surface area contributed by atoms with Gasteiger partial charge in [0.2, 0.25) is 5.91 Å². The number of para-hydroxylation sites is 1. The number of amides is 1. The van der Waals surface area contributed by atoms with Gasteiger partial charge in [-0.25, -0.2) is 0 Å². The van der Waals surface area contributed by atoms with E-state index in [0.717, 1.165) is 11.1 Å². The number of aromatic amines is 1. The van der Waals surface area contributed by atoms with Gasteiger partial charge >= 0.3 is 0 Å². The van der Waals surface area contributed by atoms with E-state index in [4.69, 9.17) is 5.73 Å². The van der Waals surface area contributed by atoms with Crippen LogP contribution in [0.1, 0.15) is 18.2 Å². The van der Waals surface area contributed by atoms with Crippen LogP contribution in [0.4, 0.5) is 0 Å². The second-order valence-electron chi connectivity index (χ2n) is 4.96. The summed E-state index contributed by atoms with van der Waals surface area (Å²) >= 11 is 0. The molecule has 1 heterocycles. The first-order valence-corrected chi connectivity index (χ1v) is 6.23. The Morgan fingerprint density at radius 3 is 2.84 bits per heavy atom. The largest absolute Gasteiger partial charge is 0.366 e. The molecule has 1 aromatic heterocycles. The van der Waals surface area contributed by atoms with Crippen LogP contribution in [-0.2, 0) is 11.2 Å². The molecule has 1 aromatic carbocycles. The number of primary amides is 1. The average Bonchev–Trinajstić information content (AvgIpc) is 2.39. The fourth-order valence-corrected chi connectivity index (χ4v) is 2.65. The molecule has 1 amide bonds. The van der Waals surface area contributed by atoms with E-state index in [9.17, 15) is 9.59 Å². The summed E-state index contributed by atoms with van der Waals surface area (Å²) in [6.07, 6.45) is 2.25. The van der Waals surface area contributed by atoms with Crippen molar-refractivity contribution in [3.05, 3.63) is 51.3 Å². The van der Waals surface area contributed by atoms with Crippen LogP contribution in [0, 0.1) is 5.92 Å². The van der Waals surface area contributed by atoms with Gasteiger partial charge in [-0.15, -0.1) is 0 Å². The molecule has 4 heteroatoms. The summed E-state index contributed by atoms with van der Waals surface area (Å²) in [5.41, 5.74) is 8.19. The Morgan fingerprint density at radius 2 is 2.11 bits per heavy atom. The van der Waals surface area contributed by atoms with Gasteiger partial charge in [0, 0.05) is 27.7 Å². The average molecular weight is 254 g/mol. The third-order valence-corrected chi connectivity index (χ3v) is 3.67. The first-order chi connectivity index (χ1) is 9.08. The van der Waals surface area contributed by atoms with Crippen molar-refractivity contribution in [1.29, 1.82) is 0 Å². The minimum absolute atomic E-state index is 0.0211. The van der Waals surface area contributed by atoms with Crippen LogP contribution in [0.3, 0.4) is 0 Å². The number of hydrogen-bond acceptors (Lipinski definition) is 2. The van der Waals surface area contributed by atoms with Crippen LogP contribution in [0.5, 0.6) is 0 Å². The zero-order chi connectivity index (χ0) is 13.6. The summed E-state index contributed by atoms with van der Waals surface area (Å²) in [5, 5.41) is 0.685. The zero-order valence-electron chi connectivity index (χ0n) is 10.6. The van der Waals surface area contributed by atoms with Crippen LogP contribution in [0.15, 0.2) is 34.6 Å². The smallest absolute Gasteiger partial charge is 0.244 e. The lowest BCUT2D eigenvalue weighted by molar-refractivity contribution is -0.115. The molecule has 1 aliphatic rings. The molecule has 2 aromatic rings. The minimum atomic E-state index is -0.424. The van der Waals surface area contributed by atoms with Gasteiger partial charge in [0.05, 0.1) is 0 Å². The summed E-state index contributed by atoms with van der Waals surface area (Å²) < 4.78 is 0. The number of aromatic nitrogens is 1. The number of rotatable bonds is 1. The Balaban J connectivity index is 2.33. The number of benzene rings is 1. The number of fused-ring (bicyclic) bond motifs is 2. The summed E-state index contributed by atoms with van der Waals surface area (Å²) in [6.45, 7) is 1.91. The topological polar surface area (TPSA) is 75.9 Å². The molecule has 1 aliphatic carbocycles. The van der Waals surface area contributed by atoms with E-state index in [0.29, 0.717) is 23.1 Å². The summed E-state index contributed by atoms with van der Waals surface area (Å²) in [6, 6.07) is 7.38. The van der Waals surface area contributed by atoms with Crippen LogP contribution in [0.25, 0.3) is 17.0 Å². The molecule has 19 heavy (non-hydrogen) atoms. The molecule has 1 atom stereocenters. The van der Waals surface area contributed by atoms with Crippen LogP contribution in [0.2, 0.25) is 0 Å². The fourth-order valence-electron chi connectivity index (χ4n) is 2.65. The number of pyridine rings is 1. The predicted molar refractivity (Wildman–Crippen MR) is 74.6 cm³/mol. The second-order valence-corrected chi connectivity index (χ2v) is 4.96. The Kier molecular flexibility index (Phi) is 2.52. The molecule has 1 unspecified atom stereocenters. The van der Waals surface area contributed by atoms with Gasteiger partial charge in [0.15, 0.2) is 5.43 Å². The molecular weight excluding hydrogens is 240 g/mol.